The van der Waals surface area contributed by atoms with Crippen LogP contribution in [0.2, 0.25) is 0 Å². The molecule has 3 aromatic carbocycles. The van der Waals surface area contributed by atoms with Crippen molar-refractivity contribution in [2.24, 2.45) is 0 Å². The molecule has 0 spiro atoms. The van der Waals surface area contributed by atoms with Crippen molar-refractivity contribution in [2.75, 3.05) is 0 Å². The van der Waals surface area contributed by atoms with E-state index in [0.29, 0.717) is 5.75 Å². The van der Waals surface area contributed by atoms with Crippen LogP contribution >= 0.6 is 0 Å². The summed E-state index contributed by atoms with van der Waals surface area (Å²) in [4.78, 5) is 0. The predicted octanol–water partition coefficient (Wildman–Crippen LogP) is 4.73. The van der Waals surface area contributed by atoms with Gasteiger partial charge in [-0.15, -0.1) is 0 Å². The van der Waals surface area contributed by atoms with E-state index in [1.54, 1.807) is 6.07 Å². The first kappa shape index (κ1) is 12.2. The van der Waals surface area contributed by atoms with Gasteiger partial charge in [0.1, 0.15) is 5.75 Å². The molecule has 0 aliphatic heterocycles. The fraction of sp³-hybridized carbons (Fsp3) is 0.100. The third kappa shape index (κ3) is 1.52. The quantitative estimate of drug-likeness (QED) is 0.679. The maximum absolute atomic E-state index is 10.4. The Hall–Kier alpha value is -2.54. The highest BCUT2D eigenvalue weighted by molar-refractivity contribution is 5.86. The SMILES string of the molecule is CC1(c2ccccc2)c2ccccc2-c2c(O)cccc21. The fourth-order valence-electron chi connectivity index (χ4n) is 3.60. The van der Waals surface area contributed by atoms with Crippen LogP contribution in [0, 0.1) is 0 Å². The molecule has 1 heteroatoms. The molecule has 1 unspecified atom stereocenters. The first-order valence-corrected chi connectivity index (χ1v) is 7.21. The van der Waals surface area contributed by atoms with Crippen molar-refractivity contribution in [2.45, 2.75) is 12.3 Å². The zero-order valence-corrected chi connectivity index (χ0v) is 11.9. The van der Waals surface area contributed by atoms with Gasteiger partial charge >= 0.3 is 0 Å². The van der Waals surface area contributed by atoms with Crippen molar-refractivity contribution >= 4 is 0 Å². The largest absolute Gasteiger partial charge is 0.507 e. The van der Waals surface area contributed by atoms with Crippen LogP contribution in [-0.2, 0) is 5.41 Å². The minimum atomic E-state index is -0.216. The number of rotatable bonds is 1. The topological polar surface area (TPSA) is 20.2 Å². The summed E-state index contributed by atoms with van der Waals surface area (Å²) in [6, 6.07) is 24.7. The van der Waals surface area contributed by atoms with Crippen molar-refractivity contribution in [1.82, 2.24) is 0 Å². The van der Waals surface area contributed by atoms with Crippen molar-refractivity contribution in [1.29, 1.82) is 0 Å². The van der Waals surface area contributed by atoms with E-state index in [0.717, 1.165) is 11.1 Å². The maximum atomic E-state index is 10.4. The van der Waals surface area contributed by atoms with Crippen LogP contribution in [0.1, 0.15) is 23.6 Å². The summed E-state index contributed by atoms with van der Waals surface area (Å²) in [5.74, 6) is 0.361. The van der Waals surface area contributed by atoms with Crippen LogP contribution in [0.4, 0.5) is 0 Å². The van der Waals surface area contributed by atoms with Gasteiger partial charge in [0, 0.05) is 11.0 Å². The van der Waals surface area contributed by atoms with Crippen molar-refractivity contribution in [3.63, 3.8) is 0 Å². The van der Waals surface area contributed by atoms with Gasteiger partial charge in [-0.25, -0.2) is 0 Å². The molecule has 0 saturated carbocycles. The van der Waals surface area contributed by atoms with Crippen molar-refractivity contribution < 1.29 is 5.11 Å². The lowest BCUT2D eigenvalue weighted by Gasteiger charge is -2.28. The van der Waals surface area contributed by atoms with Crippen LogP contribution in [0.15, 0.2) is 72.8 Å². The molecule has 1 atom stereocenters. The molecular weight excluding hydrogens is 256 g/mol. The number of aromatic hydroxyl groups is 1. The maximum Gasteiger partial charge on any atom is 0.123 e. The minimum Gasteiger partial charge on any atom is -0.507 e. The highest BCUT2D eigenvalue weighted by atomic mass is 16.3. The summed E-state index contributed by atoms with van der Waals surface area (Å²) in [5.41, 5.74) is 5.58. The zero-order chi connectivity index (χ0) is 14.4. The van der Waals surface area contributed by atoms with Crippen LogP contribution < -0.4 is 0 Å². The van der Waals surface area contributed by atoms with Gasteiger partial charge < -0.3 is 5.11 Å². The molecule has 21 heavy (non-hydrogen) atoms. The monoisotopic (exact) mass is 272 g/mol. The summed E-state index contributed by atoms with van der Waals surface area (Å²) in [7, 11) is 0. The molecule has 1 aliphatic carbocycles. The molecule has 0 aromatic heterocycles. The smallest absolute Gasteiger partial charge is 0.123 e. The van der Waals surface area contributed by atoms with Gasteiger partial charge in [-0.1, -0.05) is 66.7 Å². The molecule has 4 rings (SSSR count). The van der Waals surface area contributed by atoms with Gasteiger partial charge in [0.2, 0.25) is 0 Å². The first-order chi connectivity index (χ1) is 10.2. The van der Waals surface area contributed by atoms with E-state index in [1.165, 1.54) is 16.7 Å². The zero-order valence-electron chi connectivity index (χ0n) is 11.9. The van der Waals surface area contributed by atoms with Gasteiger partial charge in [-0.3, -0.25) is 0 Å². The van der Waals surface area contributed by atoms with Gasteiger partial charge in [-0.2, -0.15) is 0 Å². The lowest BCUT2D eigenvalue weighted by atomic mass is 9.74. The summed E-state index contributed by atoms with van der Waals surface area (Å²) < 4.78 is 0. The van der Waals surface area contributed by atoms with Gasteiger partial charge in [-0.05, 0) is 35.2 Å². The Balaban J connectivity index is 2.13. The highest BCUT2D eigenvalue weighted by Gasteiger charge is 2.41. The van der Waals surface area contributed by atoms with Crippen molar-refractivity contribution in [3.8, 4) is 16.9 Å². The Bertz CT molecular complexity index is 820. The first-order valence-electron chi connectivity index (χ1n) is 7.21. The summed E-state index contributed by atoms with van der Waals surface area (Å²) in [6.07, 6.45) is 0. The second-order valence-electron chi connectivity index (χ2n) is 5.74. The number of phenols is 1. The summed E-state index contributed by atoms with van der Waals surface area (Å²) in [5, 5.41) is 10.4. The average Bonchev–Trinajstić information content (AvgIpc) is 2.81. The van der Waals surface area contributed by atoms with E-state index in [2.05, 4.69) is 55.5 Å². The Morgan fingerprint density at radius 1 is 0.714 bits per heavy atom. The summed E-state index contributed by atoms with van der Waals surface area (Å²) in [6.45, 7) is 2.24. The summed E-state index contributed by atoms with van der Waals surface area (Å²) >= 11 is 0. The van der Waals surface area contributed by atoms with Crippen LogP contribution in [0.5, 0.6) is 5.75 Å². The molecule has 3 aromatic rings. The number of phenolic OH excluding ortho intramolecular Hbond substituents is 1. The van der Waals surface area contributed by atoms with Gasteiger partial charge in [0.25, 0.3) is 0 Å². The van der Waals surface area contributed by atoms with E-state index in [4.69, 9.17) is 0 Å². The Kier molecular flexibility index (Phi) is 2.46. The number of benzene rings is 3. The molecule has 0 bridgehead atoms. The predicted molar refractivity (Wildman–Crippen MR) is 85.5 cm³/mol. The molecule has 0 saturated heterocycles. The van der Waals surface area contributed by atoms with Gasteiger partial charge in [0.15, 0.2) is 0 Å². The molecule has 1 aliphatic rings. The number of hydrogen-bond acceptors (Lipinski definition) is 1. The van der Waals surface area contributed by atoms with E-state index in [-0.39, 0.29) is 5.41 Å². The van der Waals surface area contributed by atoms with Crippen LogP contribution in [0.3, 0.4) is 0 Å². The van der Waals surface area contributed by atoms with Crippen LogP contribution in [0.25, 0.3) is 11.1 Å². The number of fused-ring (bicyclic) bond motifs is 3. The molecule has 0 heterocycles. The van der Waals surface area contributed by atoms with E-state index < -0.39 is 0 Å². The van der Waals surface area contributed by atoms with E-state index in [9.17, 15) is 5.11 Å². The molecule has 102 valence electrons. The van der Waals surface area contributed by atoms with E-state index in [1.807, 2.05) is 18.2 Å². The van der Waals surface area contributed by atoms with Crippen molar-refractivity contribution in [3.05, 3.63) is 89.5 Å². The normalized spacial score (nSPS) is 19.1. The average molecular weight is 272 g/mol. The lowest BCUT2D eigenvalue weighted by Crippen LogP contribution is -2.22. The Morgan fingerprint density at radius 3 is 2.19 bits per heavy atom. The molecule has 1 nitrogen and oxygen atoms in total. The third-order valence-corrected chi connectivity index (χ3v) is 4.67. The van der Waals surface area contributed by atoms with Crippen LogP contribution in [-0.4, -0.2) is 5.11 Å². The molecule has 0 amide bonds. The number of hydrogen-bond donors (Lipinski definition) is 1. The van der Waals surface area contributed by atoms with Gasteiger partial charge in [0.05, 0.1) is 0 Å². The molecule has 0 fully saturated rings. The second kappa shape index (κ2) is 4.23. The van der Waals surface area contributed by atoms with E-state index >= 15 is 0 Å². The molecule has 1 N–H and O–H groups in total. The molecular formula is C20H16O. The Morgan fingerprint density at radius 2 is 1.38 bits per heavy atom. The third-order valence-electron chi connectivity index (χ3n) is 4.67. The Labute approximate surface area is 124 Å². The minimum absolute atomic E-state index is 0.216. The fourth-order valence-corrected chi connectivity index (χ4v) is 3.60. The molecule has 0 radical (unpaired) electrons. The lowest BCUT2D eigenvalue weighted by molar-refractivity contribution is 0.476. The standard InChI is InChI=1S/C20H16O/c1-20(14-8-3-2-4-9-14)16-11-6-5-10-15(16)19-17(20)12-7-13-18(19)21/h2-13,21H,1H3. The second-order valence-corrected chi connectivity index (χ2v) is 5.74. The highest BCUT2D eigenvalue weighted by Crippen LogP contribution is 2.54.